The molecule has 2 nitrogen and oxygen atoms in total. The van der Waals surface area contributed by atoms with Crippen molar-refractivity contribution in [2.24, 2.45) is 0 Å². The van der Waals surface area contributed by atoms with E-state index in [-0.39, 0.29) is 11.9 Å². The summed E-state index contributed by atoms with van der Waals surface area (Å²) in [5.74, 6) is 0.641. The number of benzene rings is 1. The van der Waals surface area contributed by atoms with E-state index in [1.807, 2.05) is 38.2 Å². The van der Waals surface area contributed by atoms with E-state index in [1.165, 1.54) is 0 Å². The Morgan fingerprint density at radius 2 is 1.94 bits per heavy atom. The van der Waals surface area contributed by atoms with Gasteiger partial charge < -0.3 is 4.90 Å². The molecule has 1 atom stereocenters. The first kappa shape index (κ1) is 14.3. The number of halogens is 2. The van der Waals surface area contributed by atoms with Gasteiger partial charge in [-0.15, -0.1) is 11.6 Å². The Bertz CT molecular complexity index is 364. The van der Waals surface area contributed by atoms with Crippen LogP contribution in [-0.2, 0) is 4.79 Å². The molecule has 0 heterocycles. The molecular weight excluding hydrogens is 257 g/mol. The van der Waals surface area contributed by atoms with E-state index in [1.54, 1.807) is 4.90 Å². The average molecular weight is 274 g/mol. The molecule has 0 aliphatic carbocycles. The van der Waals surface area contributed by atoms with Crippen molar-refractivity contribution in [3.63, 3.8) is 0 Å². The number of hydrogen-bond donors (Lipinski definition) is 0. The summed E-state index contributed by atoms with van der Waals surface area (Å²) in [6.45, 7) is 2.00. The van der Waals surface area contributed by atoms with Crippen molar-refractivity contribution in [1.82, 2.24) is 4.90 Å². The molecule has 1 rings (SSSR count). The van der Waals surface area contributed by atoms with Gasteiger partial charge in [0.2, 0.25) is 5.91 Å². The summed E-state index contributed by atoms with van der Waals surface area (Å²) in [7, 11) is 1.82. The molecule has 1 aromatic carbocycles. The lowest BCUT2D eigenvalue weighted by atomic mass is 10.1. The highest BCUT2D eigenvalue weighted by molar-refractivity contribution is 6.30. The van der Waals surface area contributed by atoms with E-state index in [9.17, 15) is 4.79 Å². The van der Waals surface area contributed by atoms with Crippen molar-refractivity contribution < 1.29 is 4.79 Å². The molecule has 0 bridgehead atoms. The highest BCUT2D eigenvalue weighted by atomic mass is 35.5. The van der Waals surface area contributed by atoms with Gasteiger partial charge in [0.15, 0.2) is 0 Å². The van der Waals surface area contributed by atoms with E-state index < -0.39 is 0 Å². The predicted molar refractivity (Wildman–Crippen MR) is 72.6 cm³/mol. The molecule has 1 aromatic rings. The van der Waals surface area contributed by atoms with Gasteiger partial charge in [-0.2, -0.15) is 0 Å². The van der Waals surface area contributed by atoms with E-state index in [2.05, 4.69) is 0 Å². The maximum absolute atomic E-state index is 11.8. The third-order valence-electron chi connectivity index (χ3n) is 2.85. The molecule has 0 N–H and O–H groups in total. The molecule has 94 valence electrons. The largest absolute Gasteiger partial charge is 0.339 e. The fourth-order valence-electron chi connectivity index (χ4n) is 1.58. The van der Waals surface area contributed by atoms with Gasteiger partial charge in [0.05, 0.1) is 6.04 Å². The number of hydrogen-bond acceptors (Lipinski definition) is 1. The first-order chi connectivity index (χ1) is 8.06. The molecule has 0 saturated heterocycles. The zero-order valence-electron chi connectivity index (χ0n) is 10.1. The molecule has 1 amide bonds. The summed E-state index contributed by atoms with van der Waals surface area (Å²) in [5, 5.41) is 0.706. The van der Waals surface area contributed by atoms with Crippen LogP contribution in [-0.4, -0.2) is 23.7 Å². The molecule has 4 heteroatoms. The second-order valence-corrected chi connectivity index (χ2v) is 4.84. The Kier molecular flexibility index (Phi) is 5.79. The molecule has 1 unspecified atom stereocenters. The smallest absolute Gasteiger partial charge is 0.222 e. The van der Waals surface area contributed by atoms with Crippen LogP contribution in [0.25, 0.3) is 0 Å². The predicted octanol–water partition coefficient (Wildman–Crippen LogP) is 3.88. The number of carbonyl (C=O) groups excluding carboxylic acids is 1. The number of nitrogens with zero attached hydrogens (tertiary/aromatic N) is 1. The molecule has 0 radical (unpaired) electrons. The zero-order chi connectivity index (χ0) is 12.8. The Morgan fingerprint density at radius 1 is 1.35 bits per heavy atom. The minimum Gasteiger partial charge on any atom is -0.339 e. The number of amides is 1. The van der Waals surface area contributed by atoms with E-state index in [4.69, 9.17) is 23.2 Å². The van der Waals surface area contributed by atoms with Crippen LogP contribution < -0.4 is 0 Å². The fraction of sp³-hybridized carbons (Fsp3) is 0.462. The lowest BCUT2D eigenvalue weighted by Crippen LogP contribution is -2.29. The zero-order valence-corrected chi connectivity index (χ0v) is 11.6. The van der Waals surface area contributed by atoms with E-state index in [0.29, 0.717) is 17.3 Å². The van der Waals surface area contributed by atoms with Gasteiger partial charge >= 0.3 is 0 Å². The van der Waals surface area contributed by atoms with Gasteiger partial charge in [0, 0.05) is 24.4 Å². The van der Waals surface area contributed by atoms with Crippen LogP contribution in [0.2, 0.25) is 5.02 Å². The molecular formula is C13H17Cl2NO. The minimum atomic E-state index is 0.0510. The van der Waals surface area contributed by atoms with Crippen molar-refractivity contribution in [1.29, 1.82) is 0 Å². The second kappa shape index (κ2) is 6.87. The topological polar surface area (TPSA) is 20.3 Å². The van der Waals surface area contributed by atoms with Crippen molar-refractivity contribution in [3.8, 4) is 0 Å². The molecule has 17 heavy (non-hydrogen) atoms. The van der Waals surface area contributed by atoms with Crippen LogP contribution in [0.15, 0.2) is 24.3 Å². The Labute approximate surface area is 113 Å². The average Bonchev–Trinajstić information content (AvgIpc) is 2.35. The van der Waals surface area contributed by atoms with Crippen molar-refractivity contribution in [3.05, 3.63) is 34.9 Å². The van der Waals surface area contributed by atoms with Gasteiger partial charge in [0.1, 0.15) is 0 Å². The highest BCUT2D eigenvalue weighted by Gasteiger charge is 2.16. The van der Waals surface area contributed by atoms with Crippen molar-refractivity contribution >= 4 is 29.1 Å². The SMILES string of the molecule is CC(c1ccc(Cl)cc1)N(C)C(=O)CCCCl. The fourth-order valence-corrected chi connectivity index (χ4v) is 1.83. The third-order valence-corrected chi connectivity index (χ3v) is 3.37. The van der Waals surface area contributed by atoms with Crippen LogP contribution in [0.3, 0.4) is 0 Å². The van der Waals surface area contributed by atoms with Crippen LogP contribution >= 0.6 is 23.2 Å². The first-order valence-corrected chi connectivity index (χ1v) is 6.54. The lowest BCUT2D eigenvalue weighted by Gasteiger charge is -2.25. The number of alkyl halides is 1. The Morgan fingerprint density at radius 3 is 2.47 bits per heavy atom. The van der Waals surface area contributed by atoms with Crippen LogP contribution in [0, 0.1) is 0 Å². The molecule has 0 aliphatic rings. The van der Waals surface area contributed by atoms with Gasteiger partial charge in [-0.25, -0.2) is 0 Å². The molecule has 0 aliphatic heterocycles. The van der Waals surface area contributed by atoms with Crippen LogP contribution in [0.1, 0.15) is 31.4 Å². The Balaban J connectivity index is 2.65. The summed E-state index contributed by atoms with van der Waals surface area (Å²) >= 11 is 11.4. The van der Waals surface area contributed by atoms with Gasteiger partial charge in [-0.3, -0.25) is 4.79 Å². The molecule has 0 spiro atoms. The van der Waals surface area contributed by atoms with Crippen LogP contribution in [0.4, 0.5) is 0 Å². The Hall–Kier alpha value is -0.730. The van der Waals surface area contributed by atoms with E-state index >= 15 is 0 Å². The third kappa shape index (κ3) is 4.21. The quantitative estimate of drug-likeness (QED) is 0.746. The van der Waals surface area contributed by atoms with Crippen molar-refractivity contribution in [2.75, 3.05) is 12.9 Å². The van der Waals surface area contributed by atoms with Gasteiger partial charge in [-0.05, 0) is 31.0 Å². The maximum atomic E-state index is 11.8. The number of carbonyl (C=O) groups is 1. The summed E-state index contributed by atoms with van der Waals surface area (Å²) in [5.41, 5.74) is 1.08. The normalized spacial score (nSPS) is 12.2. The van der Waals surface area contributed by atoms with Crippen molar-refractivity contribution in [2.45, 2.75) is 25.8 Å². The summed E-state index contributed by atoms with van der Waals surface area (Å²) in [6, 6.07) is 7.61. The molecule has 0 aromatic heterocycles. The monoisotopic (exact) mass is 273 g/mol. The highest BCUT2D eigenvalue weighted by Crippen LogP contribution is 2.21. The molecule has 0 fully saturated rings. The second-order valence-electron chi connectivity index (χ2n) is 4.02. The first-order valence-electron chi connectivity index (χ1n) is 5.63. The summed E-state index contributed by atoms with van der Waals surface area (Å²) < 4.78 is 0. The maximum Gasteiger partial charge on any atom is 0.222 e. The minimum absolute atomic E-state index is 0.0510. The van der Waals surface area contributed by atoms with Crippen LogP contribution in [0.5, 0.6) is 0 Å². The van der Waals surface area contributed by atoms with E-state index in [0.717, 1.165) is 12.0 Å². The lowest BCUT2D eigenvalue weighted by molar-refractivity contribution is -0.131. The van der Waals surface area contributed by atoms with Gasteiger partial charge in [-0.1, -0.05) is 23.7 Å². The number of rotatable bonds is 5. The summed E-state index contributed by atoms with van der Waals surface area (Å²) in [4.78, 5) is 13.6. The standard InChI is InChI=1S/C13H17Cl2NO/c1-10(11-5-7-12(15)8-6-11)16(2)13(17)4-3-9-14/h5-8,10H,3-4,9H2,1-2H3. The molecule has 0 saturated carbocycles. The summed E-state index contributed by atoms with van der Waals surface area (Å²) in [6.07, 6.45) is 1.22. The van der Waals surface area contributed by atoms with Gasteiger partial charge in [0.25, 0.3) is 0 Å².